The van der Waals surface area contributed by atoms with E-state index in [0.29, 0.717) is 16.3 Å². The molecular weight excluding hydrogens is 388 g/mol. The number of amides is 1. The maximum Gasteiger partial charge on any atom is 0.416 e. The Morgan fingerprint density at radius 1 is 1.23 bits per heavy atom. The molecule has 2 aromatic carbocycles. The average Bonchev–Trinajstić information content (AvgIpc) is 2.56. The molecule has 0 spiro atoms. The van der Waals surface area contributed by atoms with Gasteiger partial charge in [0.25, 0.3) is 0 Å². The molecule has 1 atom stereocenters. The first-order chi connectivity index (χ1) is 12.1. The number of carbonyl (C=O) groups excluding carboxylic acids is 1. The van der Waals surface area contributed by atoms with Crippen LogP contribution < -0.4 is 16.8 Å². The van der Waals surface area contributed by atoms with E-state index in [1.807, 2.05) is 0 Å². The van der Waals surface area contributed by atoms with Crippen molar-refractivity contribution in [2.75, 3.05) is 12.8 Å². The van der Waals surface area contributed by atoms with Crippen LogP contribution >= 0.6 is 19.7 Å². The van der Waals surface area contributed by atoms with Crippen LogP contribution in [0.2, 0.25) is 5.02 Å². The molecule has 2 rings (SSSR count). The summed E-state index contributed by atoms with van der Waals surface area (Å²) in [5.74, 6) is -0.782. The Kier molecular flexibility index (Phi) is 6.29. The van der Waals surface area contributed by atoms with Crippen molar-refractivity contribution in [3.05, 3.63) is 64.7 Å². The van der Waals surface area contributed by atoms with Crippen LogP contribution in [0, 0.1) is 0 Å². The maximum absolute atomic E-state index is 13.0. The van der Waals surface area contributed by atoms with Gasteiger partial charge in [0, 0.05) is 40.1 Å². The van der Waals surface area contributed by atoms with Gasteiger partial charge in [-0.3, -0.25) is 4.79 Å². The molecule has 0 bridgehead atoms. The lowest BCUT2D eigenvalue weighted by Gasteiger charge is -2.21. The van der Waals surface area contributed by atoms with Gasteiger partial charge in [-0.2, -0.15) is 13.2 Å². The van der Waals surface area contributed by atoms with Crippen LogP contribution in [0.5, 0.6) is 0 Å². The van der Waals surface area contributed by atoms with Crippen LogP contribution in [-0.4, -0.2) is 13.0 Å². The van der Waals surface area contributed by atoms with Crippen molar-refractivity contribution in [2.24, 2.45) is 5.73 Å². The SMILES string of the molecule is COP(/C(=C\C(N)=O)c1cc(Cl)ccc1N)c1cccc(C(F)(F)F)c1. The van der Waals surface area contributed by atoms with Crippen molar-refractivity contribution in [3.8, 4) is 0 Å². The first-order valence-electron chi connectivity index (χ1n) is 7.21. The van der Waals surface area contributed by atoms with E-state index in [1.165, 1.54) is 31.4 Å². The molecule has 0 aromatic heterocycles. The van der Waals surface area contributed by atoms with E-state index in [4.69, 9.17) is 27.6 Å². The van der Waals surface area contributed by atoms with E-state index in [1.54, 1.807) is 6.07 Å². The molecule has 0 saturated carbocycles. The maximum atomic E-state index is 13.0. The third-order valence-corrected chi connectivity index (χ3v) is 5.53. The second-order valence-corrected chi connectivity index (χ2v) is 7.58. The molecule has 0 fully saturated rings. The van der Waals surface area contributed by atoms with Gasteiger partial charge in [-0.25, -0.2) is 0 Å². The van der Waals surface area contributed by atoms with Gasteiger partial charge in [-0.1, -0.05) is 23.7 Å². The number of carbonyl (C=O) groups is 1. The van der Waals surface area contributed by atoms with Crippen LogP contribution in [0.15, 0.2) is 48.5 Å². The average molecular weight is 403 g/mol. The number of anilines is 1. The van der Waals surface area contributed by atoms with Crippen LogP contribution in [0.25, 0.3) is 5.31 Å². The molecule has 0 aliphatic heterocycles. The van der Waals surface area contributed by atoms with E-state index in [9.17, 15) is 18.0 Å². The van der Waals surface area contributed by atoms with Gasteiger partial charge in [0.2, 0.25) is 5.91 Å². The molecule has 0 aliphatic carbocycles. The Hall–Kier alpha value is -2.08. The number of hydrogen-bond donors (Lipinski definition) is 2. The molecule has 1 amide bonds. The monoisotopic (exact) mass is 402 g/mol. The standard InChI is InChI=1S/C17H15ClF3N2O2P/c1-25-26(12-4-2-3-10(7-12)17(19,20)21)15(9-16(23)24)13-8-11(18)5-6-14(13)22/h2-9H,22H2,1H3,(H2,23,24)/b15-9-. The van der Waals surface area contributed by atoms with Gasteiger partial charge in [-0.05, 0) is 30.3 Å². The third kappa shape index (κ3) is 4.75. The molecule has 9 heteroatoms. The van der Waals surface area contributed by atoms with Gasteiger partial charge in [0.05, 0.1) is 13.7 Å². The smallest absolute Gasteiger partial charge is 0.398 e. The van der Waals surface area contributed by atoms with Crippen molar-refractivity contribution < 1.29 is 22.5 Å². The fourth-order valence-corrected chi connectivity index (χ4v) is 4.27. The van der Waals surface area contributed by atoms with Gasteiger partial charge in [0.1, 0.15) is 0 Å². The van der Waals surface area contributed by atoms with Crippen molar-refractivity contribution in [1.82, 2.24) is 0 Å². The summed E-state index contributed by atoms with van der Waals surface area (Å²) in [4.78, 5) is 11.5. The Morgan fingerprint density at radius 3 is 2.50 bits per heavy atom. The fraction of sp³-hybridized carbons (Fsp3) is 0.118. The van der Waals surface area contributed by atoms with E-state index in [-0.39, 0.29) is 10.6 Å². The second-order valence-electron chi connectivity index (χ2n) is 5.19. The molecule has 0 radical (unpaired) electrons. The molecule has 0 heterocycles. The van der Waals surface area contributed by atoms with E-state index >= 15 is 0 Å². The first kappa shape index (κ1) is 20.2. The number of primary amides is 1. The Labute approximate surface area is 154 Å². The summed E-state index contributed by atoms with van der Waals surface area (Å²) in [5.41, 5.74) is 11.1. The van der Waals surface area contributed by atoms with Crippen molar-refractivity contribution >= 4 is 42.0 Å². The molecule has 1 unspecified atom stereocenters. The lowest BCUT2D eigenvalue weighted by Crippen LogP contribution is -2.13. The fourth-order valence-electron chi connectivity index (χ4n) is 2.28. The topological polar surface area (TPSA) is 78.3 Å². The van der Waals surface area contributed by atoms with Crippen molar-refractivity contribution in [2.45, 2.75) is 6.18 Å². The number of alkyl halides is 3. The highest BCUT2D eigenvalue weighted by Gasteiger charge is 2.32. The first-order valence-corrected chi connectivity index (χ1v) is 8.85. The minimum absolute atomic E-state index is 0.254. The highest BCUT2D eigenvalue weighted by Crippen LogP contribution is 2.52. The largest absolute Gasteiger partial charge is 0.416 e. The number of nitrogens with two attached hydrogens (primary N) is 2. The van der Waals surface area contributed by atoms with Gasteiger partial charge < -0.3 is 16.0 Å². The molecule has 2 aromatic rings. The quantitative estimate of drug-likeness (QED) is 0.448. The number of halogens is 4. The highest BCUT2D eigenvalue weighted by molar-refractivity contribution is 7.71. The van der Waals surface area contributed by atoms with E-state index in [0.717, 1.165) is 18.2 Å². The van der Waals surface area contributed by atoms with Gasteiger partial charge in [0.15, 0.2) is 0 Å². The number of rotatable bonds is 5. The molecule has 0 saturated heterocycles. The second kappa shape index (κ2) is 8.08. The van der Waals surface area contributed by atoms with Crippen molar-refractivity contribution in [1.29, 1.82) is 0 Å². The summed E-state index contributed by atoms with van der Waals surface area (Å²) >= 11 is 6.00. The predicted octanol–water partition coefficient (Wildman–Crippen LogP) is 4.14. The van der Waals surface area contributed by atoms with Crippen LogP contribution in [0.3, 0.4) is 0 Å². The Balaban J connectivity index is 2.63. The van der Waals surface area contributed by atoms with E-state index in [2.05, 4.69) is 0 Å². The van der Waals surface area contributed by atoms with Gasteiger partial charge in [-0.15, -0.1) is 0 Å². The zero-order valence-corrected chi connectivity index (χ0v) is 15.2. The summed E-state index contributed by atoms with van der Waals surface area (Å²) in [6, 6.07) is 9.29. The minimum Gasteiger partial charge on any atom is -0.398 e. The molecule has 4 N–H and O–H groups in total. The number of benzene rings is 2. The minimum atomic E-state index is -4.51. The lowest BCUT2D eigenvalue weighted by atomic mass is 10.1. The summed E-state index contributed by atoms with van der Waals surface area (Å²) in [7, 11) is -0.461. The summed E-state index contributed by atoms with van der Waals surface area (Å²) in [5, 5.41) is 0.873. The molecular formula is C17H15ClF3N2O2P. The number of nitrogen functional groups attached to an aromatic ring is 1. The van der Waals surface area contributed by atoms with Gasteiger partial charge >= 0.3 is 6.18 Å². The van der Waals surface area contributed by atoms with Crippen LogP contribution in [0.4, 0.5) is 18.9 Å². The lowest BCUT2D eigenvalue weighted by molar-refractivity contribution is -0.137. The van der Waals surface area contributed by atoms with E-state index < -0.39 is 25.8 Å². The molecule has 4 nitrogen and oxygen atoms in total. The zero-order valence-electron chi connectivity index (χ0n) is 13.5. The third-order valence-electron chi connectivity index (χ3n) is 3.38. The zero-order chi connectivity index (χ0) is 19.5. The Bertz CT molecular complexity index is 856. The number of hydrogen-bond acceptors (Lipinski definition) is 3. The predicted molar refractivity (Wildman–Crippen MR) is 98.0 cm³/mol. The molecule has 0 aliphatic rings. The normalized spacial score (nSPS) is 13.5. The van der Waals surface area contributed by atoms with Crippen molar-refractivity contribution in [3.63, 3.8) is 0 Å². The summed E-state index contributed by atoms with van der Waals surface area (Å²) < 4.78 is 44.5. The highest BCUT2D eigenvalue weighted by atomic mass is 35.5. The summed E-state index contributed by atoms with van der Waals surface area (Å²) in [6.45, 7) is 0. The van der Waals surface area contributed by atoms with Crippen LogP contribution in [0.1, 0.15) is 11.1 Å². The summed E-state index contributed by atoms with van der Waals surface area (Å²) in [6.07, 6.45) is -3.41. The Morgan fingerprint density at radius 2 is 1.92 bits per heavy atom. The molecule has 138 valence electrons. The van der Waals surface area contributed by atoms with Crippen LogP contribution in [-0.2, 0) is 15.5 Å². The molecule has 26 heavy (non-hydrogen) atoms.